The second kappa shape index (κ2) is 7.59. The molecule has 0 aliphatic carbocycles. The molecule has 27 heavy (non-hydrogen) atoms. The molecular formula is C17H23ClN4O5. The first-order valence-corrected chi connectivity index (χ1v) is 8.71. The predicted molar refractivity (Wildman–Crippen MR) is 101 cm³/mol. The summed E-state index contributed by atoms with van der Waals surface area (Å²) in [7, 11) is 3.08. The molecule has 0 unspecified atom stereocenters. The van der Waals surface area contributed by atoms with E-state index in [2.05, 4.69) is 5.32 Å². The molecule has 1 aliphatic heterocycles. The van der Waals surface area contributed by atoms with Crippen LogP contribution in [-0.2, 0) is 4.74 Å². The molecule has 0 saturated carbocycles. The maximum atomic E-state index is 12.1. The van der Waals surface area contributed by atoms with Crippen LogP contribution in [-0.4, -0.2) is 65.6 Å². The van der Waals surface area contributed by atoms with E-state index in [9.17, 15) is 19.7 Å². The summed E-state index contributed by atoms with van der Waals surface area (Å²) < 4.78 is 5.27. The lowest BCUT2D eigenvalue weighted by Crippen LogP contribution is -2.57. The minimum atomic E-state index is -0.587. The average molecular weight is 399 g/mol. The number of amides is 2. The van der Waals surface area contributed by atoms with Crippen LogP contribution in [0.4, 0.5) is 16.2 Å². The first kappa shape index (κ1) is 20.8. The lowest BCUT2D eigenvalue weighted by molar-refractivity contribution is -0.384. The van der Waals surface area contributed by atoms with Gasteiger partial charge in [0.1, 0.15) is 11.3 Å². The van der Waals surface area contributed by atoms with Crippen molar-refractivity contribution in [1.82, 2.24) is 9.80 Å². The zero-order valence-corrected chi connectivity index (χ0v) is 16.7. The normalized spacial score (nSPS) is 14.4. The molecule has 1 aromatic rings. The van der Waals surface area contributed by atoms with Crippen molar-refractivity contribution in [3.63, 3.8) is 0 Å². The smallest absolute Gasteiger partial charge is 0.410 e. The molecule has 1 aromatic carbocycles. The third-order valence-electron chi connectivity index (χ3n) is 3.81. The van der Waals surface area contributed by atoms with Crippen LogP contribution in [0.3, 0.4) is 0 Å². The Labute approximate surface area is 162 Å². The molecule has 1 saturated heterocycles. The Morgan fingerprint density at radius 2 is 1.93 bits per heavy atom. The summed E-state index contributed by atoms with van der Waals surface area (Å²) >= 11 is 6.15. The minimum Gasteiger partial charge on any atom is -0.444 e. The maximum absolute atomic E-state index is 12.1. The van der Waals surface area contributed by atoms with Gasteiger partial charge >= 0.3 is 6.09 Å². The van der Waals surface area contributed by atoms with Crippen molar-refractivity contribution < 1.29 is 19.2 Å². The van der Waals surface area contributed by atoms with Gasteiger partial charge in [-0.05, 0) is 26.8 Å². The van der Waals surface area contributed by atoms with Crippen LogP contribution in [0.2, 0.25) is 5.02 Å². The lowest BCUT2D eigenvalue weighted by atomic mass is 10.1. The summed E-state index contributed by atoms with van der Waals surface area (Å²) in [4.78, 5) is 37.7. The highest BCUT2D eigenvalue weighted by Crippen LogP contribution is 2.33. The van der Waals surface area contributed by atoms with Crippen LogP contribution in [0.1, 0.15) is 31.1 Å². The van der Waals surface area contributed by atoms with Gasteiger partial charge in [0, 0.05) is 33.3 Å². The van der Waals surface area contributed by atoms with E-state index in [0.29, 0.717) is 13.1 Å². The molecule has 2 rings (SSSR count). The fourth-order valence-electron chi connectivity index (χ4n) is 2.50. The Bertz CT molecular complexity index is 769. The van der Waals surface area contributed by atoms with E-state index in [1.165, 1.54) is 30.0 Å². The number of carbonyl (C=O) groups excluding carboxylic acids is 2. The topological polar surface area (TPSA) is 105 Å². The highest BCUT2D eigenvalue weighted by atomic mass is 35.5. The van der Waals surface area contributed by atoms with E-state index in [0.717, 1.165) is 6.07 Å². The van der Waals surface area contributed by atoms with Crippen molar-refractivity contribution in [3.8, 4) is 0 Å². The Morgan fingerprint density at radius 1 is 1.33 bits per heavy atom. The number of carbonyl (C=O) groups is 2. The molecule has 1 aliphatic rings. The van der Waals surface area contributed by atoms with Gasteiger partial charge in [0.25, 0.3) is 11.6 Å². The molecule has 2 amide bonds. The third-order valence-corrected chi connectivity index (χ3v) is 4.12. The van der Waals surface area contributed by atoms with Crippen molar-refractivity contribution in [3.05, 3.63) is 32.8 Å². The van der Waals surface area contributed by atoms with Crippen molar-refractivity contribution in [1.29, 1.82) is 0 Å². The molecule has 0 radical (unpaired) electrons. The number of hydrogen-bond donors (Lipinski definition) is 1. The average Bonchev–Trinajstić information content (AvgIpc) is 2.47. The van der Waals surface area contributed by atoms with Gasteiger partial charge < -0.3 is 19.9 Å². The van der Waals surface area contributed by atoms with Gasteiger partial charge in [-0.2, -0.15) is 0 Å². The van der Waals surface area contributed by atoms with Gasteiger partial charge in [-0.25, -0.2) is 4.79 Å². The summed E-state index contributed by atoms with van der Waals surface area (Å²) in [6.45, 7) is 6.04. The van der Waals surface area contributed by atoms with Gasteiger partial charge in [-0.15, -0.1) is 0 Å². The fraction of sp³-hybridized carbons (Fsp3) is 0.529. The molecule has 1 heterocycles. The summed E-state index contributed by atoms with van der Waals surface area (Å²) in [5.74, 6) is -0.422. The first-order chi connectivity index (χ1) is 12.4. The van der Waals surface area contributed by atoms with Crippen molar-refractivity contribution in [2.75, 3.05) is 32.5 Å². The summed E-state index contributed by atoms with van der Waals surface area (Å²) in [6.07, 6.45) is -0.431. The molecule has 9 nitrogen and oxygen atoms in total. The number of benzene rings is 1. The van der Waals surface area contributed by atoms with Crippen LogP contribution >= 0.6 is 11.6 Å². The number of likely N-dealkylation sites (tertiary alicyclic amines) is 1. The summed E-state index contributed by atoms with van der Waals surface area (Å²) in [5.41, 5.74) is -0.575. The van der Waals surface area contributed by atoms with Crippen molar-refractivity contribution in [2.45, 2.75) is 32.4 Å². The number of nitro groups is 1. The van der Waals surface area contributed by atoms with Gasteiger partial charge in [0.2, 0.25) is 0 Å². The monoisotopic (exact) mass is 398 g/mol. The standard InChI is InChI=1S/C17H23ClN4O5/c1-17(2,3)27-16(24)21-8-10(9-21)19-13-7-12(18)11(15(23)20(4)5)6-14(13)22(25)26/h6-7,10,19H,8-9H2,1-5H3. The molecule has 1 N–H and O–H groups in total. The molecule has 0 bridgehead atoms. The number of rotatable bonds is 4. The lowest BCUT2D eigenvalue weighted by Gasteiger charge is -2.40. The third kappa shape index (κ3) is 5.00. The van der Waals surface area contributed by atoms with E-state index < -0.39 is 22.5 Å². The Balaban J connectivity index is 2.12. The molecule has 0 spiro atoms. The number of nitrogens with one attached hydrogen (secondary N) is 1. The number of nitro benzene ring substituents is 1. The van der Waals surface area contributed by atoms with E-state index in [1.54, 1.807) is 20.8 Å². The highest BCUT2D eigenvalue weighted by Gasteiger charge is 2.35. The molecular weight excluding hydrogens is 376 g/mol. The predicted octanol–water partition coefficient (Wildman–Crippen LogP) is 2.98. The molecule has 10 heteroatoms. The fourth-order valence-corrected chi connectivity index (χ4v) is 2.74. The van der Waals surface area contributed by atoms with E-state index in [-0.39, 0.29) is 28.0 Å². The van der Waals surface area contributed by atoms with Crippen LogP contribution < -0.4 is 5.32 Å². The largest absolute Gasteiger partial charge is 0.444 e. The number of hydrogen-bond acceptors (Lipinski definition) is 6. The van der Waals surface area contributed by atoms with Crippen LogP contribution in [0.15, 0.2) is 12.1 Å². The van der Waals surface area contributed by atoms with Crippen LogP contribution in [0, 0.1) is 10.1 Å². The SMILES string of the molecule is CN(C)C(=O)c1cc([N+](=O)[O-])c(NC2CN(C(=O)OC(C)(C)C)C2)cc1Cl. The quantitative estimate of drug-likeness (QED) is 0.617. The Hall–Kier alpha value is -2.55. The van der Waals surface area contributed by atoms with Gasteiger partial charge in [-0.1, -0.05) is 11.6 Å². The molecule has 0 atom stereocenters. The zero-order chi connectivity index (χ0) is 20.5. The van der Waals surface area contributed by atoms with Gasteiger partial charge in [-0.3, -0.25) is 14.9 Å². The number of nitrogens with zero attached hydrogens (tertiary/aromatic N) is 3. The highest BCUT2D eigenvalue weighted by molar-refractivity contribution is 6.34. The van der Waals surface area contributed by atoms with Crippen molar-refractivity contribution >= 4 is 35.0 Å². The Kier molecular flexibility index (Phi) is 5.84. The first-order valence-electron chi connectivity index (χ1n) is 8.33. The van der Waals surface area contributed by atoms with Crippen LogP contribution in [0.25, 0.3) is 0 Å². The van der Waals surface area contributed by atoms with Gasteiger partial charge in [0.15, 0.2) is 0 Å². The minimum absolute atomic E-state index is 0.0582. The van der Waals surface area contributed by atoms with E-state index >= 15 is 0 Å². The second-order valence-electron chi connectivity index (χ2n) is 7.53. The molecule has 1 fully saturated rings. The van der Waals surface area contributed by atoms with E-state index in [4.69, 9.17) is 16.3 Å². The van der Waals surface area contributed by atoms with Crippen LogP contribution in [0.5, 0.6) is 0 Å². The van der Waals surface area contributed by atoms with E-state index in [1.807, 2.05) is 0 Å². The summed E-state index contributed by atoms with van der Waals surface area (Å²) in [6, 6.07) is 2.35. The summed E-state index contributed by atoms with van der Waals surface area (Å²) in [5, 5.41) is 14.5. The van der Waals surface area contributed by atoms with Crippen molar-refractivity contribution in [2.24, 2.45) is 0 Å². The maximum Gasteiger partial charge on any atom is 0.410 e. The zero-order valence-electron chi connectivity index (χ0n) is 15.9. The second-order valence-corrected chi connectivity index (χ2v) is 7.94. The number of ether oxygens (including phenoxy) is 1. The Morgan fingerprint density at radius 3 is 2.41 bits per heavy atom. The molecule has 0 aromatic heterocycles. The number of anilines is 1. The number of halogens is 1. The van der Waals surface area contributed by atoms with Gasteiger partial charge in [0.05, 0.1) is 21.6 Å². The molecule has 148 valence electrons.